The van der Waals surface area contributed by atoms with E-state index in [1.54, 1.807) is 18.2 Å². The number of hydrogen-bond donors (Lipinski definition) is 1. The summed E-state index contributed by atoms with van der Waals surface area (Å²) in [5.74, 6) is 0.152. The fourth-order valence-electron chi connectivity index (χ4n) is 3.45. The first-order chi connectivity index (χ1) is 13.8. The molecule has 1 nitrogen and oxygen atoms in total. The van der Waals surface area contributed by atoms with Crippen LogP contribution >= 0.6 is 23.2 Å². The van der Waals surface area contributed by atoms with Gasteiger partial charge in [-0.25, -0.2) is 0 Å². The van der Waals surface area contributed by atoms with Crippen molar-refractivity contribution in [3.63, 3.8) is 0 Å². The lowest BCUT2D eigenvalue weighted by Crippen LogP contribution is -2.11. The van der Waals surface area contributed by atoms with Crippen LogP contribution in [-0.4, -0.2) is 6.54 Å². The van der Waals surface area contributed by atoms with Crippen LogP contribution in [0.25, 0.3) is 16.8 Å². The average Bonchev–Trinajstić information content (AvgIpc) is 3.17. The van der Waals surface area contributed by atoms with E-state index in [9.17, 15) is 13.2 Å². The smallest absolute Gasteiger partial charge is 0.384 e. The zero-order chi connectivity index (χ0) is 20.6. The quantitative estimate of drug-likeness (QED) is 0.453. The number of benzene rings is 3. The molecule has 1 aliphatic heterocycles. The summed E-state index contributed by atoms with van der Waals surface area (Å²) < 4.78 is 38.2. The van der Waals surface area contributed by atoms with Gasteiger partial charge in [0.15, 0.2) is 0 Å². The molecule has 29 heavy (non-hydrogen) atoms. The van der Waals surface area contributed by atoms with E-state index in [2.05, 4.69) is 11.4 Å². The van der Waals surface area contributed by atoms with Crippen molar-refractivity contribution in [3.8, 4) is 11.1 Å². The standard InChI is InChI=1S/C23H16Cl2F3N/c24-19-2-1-3-20(25)22(19)21-12-17(13-29-21)16-6-4-14(5-7-16)15-8-10-18(11-9-15)23(26,27)28/h1-12,17,29H,13H2. The van der Waals surface area contributed by atoms with Crippen molar-refractivity contribution in [3.05, 3.63) is 99.5 Å². The second kappa shape index (κ2) is 7.77. The van der Waals surface area contributed by atoms with Crippen molar-refractivity contribution < 1.29 is 13.2 Å². The third-order valence-corrected chi connectivity index (χ3v) is 5.63. The van der Waals surface area contributed by atoms with Crippen LogP contribution < -0.4 is 5.32 Å². The van der Waals surface area contributed by atoms with Crippen molar-refractivity contribution >= 4 is 28.9 Å². The van der Waals surface area contributed by atoms with Gasteiger partial charge in [0.05, 0.1) is 15.6 Å². The molecule has 0 saturated carbocycles. The highest BCUT2D eigenvalue weighted by Gasteiger charge is 2.30. The monoisotopic (exact) mass is 433 g/mol. The summed E-state index contributed by atoms with van der Waals surface area (Å²) in [5.41, 5.74) is 3.76. The van der Waals surface area contributed by atoms with Crippen molar-refractivity contribution in [1.82, 2.24) is 5.32 Å². The Kier molecular flexibility index (Phi) is 5.32. The molecule has 4 rings (SSSR count). The van der Waals surface area contributed by atoms with E-state index in [1.807, 2.05) is 24.3 Å². The molecule has 0 radical (unpaired) electrons. The first-order valence-corrected chi connectivity index (χ1v) is 9.76. The summed E-state index contributed by atoms with van der Waals surface area (Å²) in [6.45, 7) is 0.719. The molecule has 0 aliphatic carbocycles. The maximum absolute atomic E-state index is 12.7. The van der Waals surface area contributed by atoms with E-state index in [-0.39, 0.29) is 5.92 Å². The highest BCUT2D eigenvalue weighted by Crippen LogP contribution is 2.36. The Labute approximate surface area is 176 Å². The second-order valence-electron chi connectivity index (χ2n) is 6.86. The van der Waals surface area contributed by atoms with Crippen molar-refractivity contribution in [2.45, 2.75) is 12.1 Å². The molecule has 0 saturated heterocycles. The highest BCUT2D eigenvalue weighted by atomic mass is 35.5. The molecular formula is C23H16Cl2F3N. The van der Waals surface area contributed by atoms with Gasteiger partial charge in [-0.05, 0) is 41.0 Å². The molecule has 0 bridgehead atoms. The van der Waals surface area contributed by atoms with Crippen LogP contribution in [0.5, 0.6) is 0 Å². The minimum atomic E-state index is -4.33. The van der Waals surface area contributed by atoms with Gasteiger partial charge in [-0.15, -0.1) is 0 Å². The molecule has 0 spiro atoms. The lowest BCUT2D eigenvalue weighted by Gasteiger charge is -2.10. The van der Waals surface area contributed by atoms with E-state index >= 15 is 0 Å². The highest BCUT2D eigenvalue weighted by molar-refractivity contribution is 6.37. The summed E-state index contributed by atoms with van der Waals surface area (Å²) in [4.78, 5) is 0. The SMILES string of the molecule is FC(F)(F)c1ccc(-c2ccc(C3C=C(c4c(Cl)cccc4Cl)NC3)cc2)cc1. The average molecular weight is 434 g/mol. The van der Waals surface area contributed by atoms with Gasteiger partial charge >= 0.3 is 6.18 Å². The molecule has 3 aromatic carbocycles. The van der Waals surface area contributed by atoms with E-state index in [4.69, 9.17) is 23.2 Å². The first-order valence-electron chi connectivity index (χ1n) is 9.00. The zero-order valence-electron chi connectivity index (χ0n) is 15.1. The number of rotatable bonds is 3. The molecule has 0 amide bonds. The van der Waals surface area contributed by atoms with Crippen LogP contribution in [0.1, 0.15) is 22.6 Å². The molecule has 0 aromatic heterocycles. The van der Waals surface area contributed by atoms with Gasteiger partial charge in [-0.3, -0.25) is 0 Å². The maximum Gasteiger partial charge on any atom is 0.416 e. The Bertz CT molecular complexity index is 1030. The van der Waals surface area contributed by atoms with Crippen LogP contribution in [0.3, 0.4) is 0 Å². The van der Waals surface area contributed by atoms with Crippen LogP contribution in [0.4, 0.5) is 13.2 Å². The minimum absolute atomic E-state index is 0.152. The summed E-state index contributed by atoms with van der Waals surface area (Å²) in [7, 11) is 0. The van der Waals surface area contributed by atoms with Gasteiger partial charge in [-0.1, -0.05) is 71.7 Å². The van der Waals surface area contributed by atoms with Crippen molar-refractivity contribution in [2.24, 2.45) is 0 Å². The summed E-state index contributed by atoms with van der Waals surface area (Å²) in [6.07, 6.45) is -2.23. The first kappa shape index (κ1) is 19.9. The predicted octanol–water partition coefficient (Wildman–Crippen LogP) is 7.41. The molecular weight excluding hydrogens is 418 g/mol. The van der Waals surface area contributed by atoms with Crippen LogP contribution in [0.15, 0.2) is 72.8 Å². The van der Waals surface area contributed by atoms with Crippen LogP contribution in [0, 0.1) is 0 Å². The Balaban J connectivity index is 1.55. The lowest BCUT2D eigenvalue weighted by atomic mass is 9.96. The van der Waals surface area contributed by atoms with E-state index in [1.165, 1.54) is 12.1 Å². The number of alkyl halides is 3. The van der Waals surface area contributed by atoms with Gasteiger partial charge in [0.1, 0.15) is 0 Å². The van der Waals surface area contributed by atoms with E-state index in [0.29, 0.717) is 10.0 Å². The molecule has 6 heteroatoms. The predicted molar refractivity (Wildman–Crippen MR) is 112 cm³/mol. The Hall–Kier alpha value is -2.43. The Morgan fingerprint density at radius 1 is 0.793 bits per heavy atom. The van der Waals surface area contributed by atoms with Gasteiger partial charge in [0.2, 0.25) is 0 Å². The zero-order valence-corrected chi connectivity index (χ0v) is 16.6. The Morgan fingerprint density at radius 2 is 1.34 bits per heavy atom. The topological polar surface area (TPSA) is 12.0 Å². The number of hydrogen-bond acceptors (Lipinski definition) is 1. The lowest BCUT2D eigenvalue weighted by molar-refractivity contribution is -0.137. The van der Waals surface area contributed by atoms with E-state index in [0.717, 1.165) is 46.6 Å². The molecule has 1 N–H and O–H groups in total. The third kappa shape index (κ3) is 4.14. The molecule has 1 atom stereocenters. The van der Waals surface area contributed by atoms with Gasteiger partial charge in [0, 0.05) is 23.7 Å². The number of nitrogens with one attached hydrogen (secondary N) is 1. The van der Waals surface area contributed by atoms with Gasteiger partial charge < -0.3 is 5.32 Å². The van der Waals surface area contributed by atoms with Crippen molar-refractivity contribution in [1.29, 1.82) is 0 Å². The summed E-state index contributed by atoms with van der Waals surface area (Å²) >= 11 is 12.6. The second-order valence-corrected chi connectivity index (χ2v) is 7.68. The fourth-order valence-corrected chi connectivity index (χ4v) is 4.06. The van der Waals surface area contributed by atoms with Gasteiger partial charge in [0.25, 0.3) is 0 Å². The number of halogens is 5. The van der Waals surface area contributed by atoms with Crippen molar-refractivity contribution in [2.75, 3.05) is 6.54 Å². The van der Waals surface area contributed by atoms with Crippen LogP contribution in [-0.2, 0) is 6.18 Å². The Morgan fingerprint density at radius 3 is 1.90 bits per heavy atom. The van der Waals surface area contributed by atoms with Crippen LogP contribution in [0.2, 0.25) is 10.0 Å². The maximum atomic E-state index is 12.7. The molecule has 148 valence electrons. The molecule has 1 aliphatic rings. The van der Waals surface area contributed by atoms with E-state index < -0.39 is 11.7 Å². The molecule has 1 unspecified atom stereocenters. The molecule has 0 fully saturated rings. The summed E-state index contributed by atoms with van der Waals surface area (Å²) in [5, 5.41) is 4.54. The van der Waals surface area contributed by atoms with Gasteiger partial charge in [-0.2, -0.15) is 13.2 Å². The third-order valence-electron chi connectivity index (χ3n) is 5.00. The largest absolute Gasteiger partial charge is 0.416 e. The fraction of sp³-hybridized carbons (Fsp3) is 0.130. The molecule has 3 aromatic rings. The normalized spacial score (nSPS) is 16.4. The minimum Gasteiger partial charge on any atom is -0.384 e. The summed E-state index contributed by atoms with van der Waals surface area (Å²) in [6, 6.07) is 18.4. The molecule has 1 heterocycles.